The van der Waals surface area contributed by atoms with E-state index in [0.717, 1.165) is 38.6 Å². The molecule has 4 heteroatoms. The van der Waals surface area contributed by atoms with Crippen LogP contribution < -0.4 is 0 Å². The van der Waals surface area contributed by atoms with Gasteiger partial charge in [-0.25, -0.2) is 0 Å². The highest BCUT2D eigenvalue weighted by Gasteiger charge is 2.24. The van der Waals surface area contributed by atoms with Crippen LogP contribution in [0.5, 0.6) is 5.75 Å². The Labute approximate surface area is 139 Å². The summed E-state index contributed by atoms with van der Waals surface area (Å²) in [5, 5.41) is 9.37. The Balaban J connectivity index is 1.52. The van der Waals surface area contributed by atoms with E-state index in [1.807, 2.05) is 12.1 Å². The predicted molar refractivity (Wildman–Crippen MR) is 91.2 cm³/mol. The standard InChI is InChI=1S/C19H28N2O2/c22-18-8-6-17(7-9-18)14-20-11-10-19(23)21(13-12-20)15-16-4-2-1-3-5-16/h6-9,16,22H,1-5,10-15H2. The van der Waals surface area contributed by atoms with Crippen LogP contribution in [0.2, 0.25) is 0 Å². The lowest BCUT2D eigenvalue weighted by Gasteiger charge is -2.29. The third-order valence-corrected chi connectivity index (χ3v) is 5.23. The molecular weight excluding hydrogens is 288 g/mol. The number of hydrogen-bond acceptors (Lipinski definition) is 3. The summed E-state index contributed by atoms with van der Waals surface area (Å²) in [7, 11) is 0. The number of phenols is 1. The van der Waals surface area contributed by atoms with Crippen molar-refractivity contribution in [3.05, 3.63) is 29.8 Å². The maximum absolute atomic E-state index is 12.4. The molecule has 1 amide bonds. The Morgan fingerprint density at radius 2 is 1.74 bits per heavy atom. The largest absolute Gasteiger partial charge is 0.508 e. The number of benzene rings is 1. The van der Waals surface area contributed by atoms with Crippen molar-refractivity contribution in [2.75, 3.05) is 26.2 Å². The molecule has 0 atom stereocenters. The summed E-state index contributed by atoms with van der Waals surface area (Å²) >= 11 is 0. The molecule has 23 heavy (non-hydrogen) atoms. The zero-order chi connectivity index (χ0) is 16.1. The van der Waals surface area contributed by atoms with Gasteiger partial charge in [-0.1, -0.05) is 31.4 Å². The van der Waals surface area contributed by atoms with Crippen LogP contribution in [0.4, 0.5) is 0 Å². The van der Waals surface area contributed by atoms with Gasteiger partial charge in [0, 0.05) is 39.1 Å². The first kappa shape index (κ1) is 16.3. The van der Waals surface area contributed by atoms with Crippen LogP contribution in [0.3, 0.4) is 0 Å². The van der Waals surface area contributed by atoms with Gasteiger partial charge < -0.3 is 10.0 Å². The summed E-state index contributed by atoms with van der Waals surface area (Å²) in [5.74, 6) is 1.35. The molecule has 0 unspecified atom stereocenters. The maximum Gasteiger partial charge on any atom is 0.223 e. The molecule has 0 radical (unpaired) electrons. The molecule has 1 heterocycles. The number of rotatable bonds is 4. The summed E-state index contributed by atoms with van der Waals surface area (Å²) in [5.41, 5.74) is 1.19. The molecule has 3 rings (SSSR count). The monoisotopic (exact) mass is 316 g/mol. The van der Waals surface area contributed by atoms with E-state index in [-0.39, 0.29) is 0 Å². The molecule has 1 saturated carbocycles. The zero-order valence-electron chi connectivity index (χ0n) is 13.9. The van der Waals surface area contributed by atoms with Gasteiger partial charge in [-0.2, -0.15) is 0 Å². The zero-order valence-corrected chi connectivity index (χ0v) is 13.9. The lowest BCUT2D eigenvalue weighted by Crippen LogP contribution is -2.37. The van der Waals surface area contributed by atoms with Gasteiger partial charge in [0.2, 0.25) is 5.91 Å². The Morgan fingerprint density at radius 3 is 2.48 bits per heavy atom. The summed E-state index contributed by atoms with van der Waals surface area (Å²) in [6, 6.07) is 7.38. The highest BCUT2D eigenvalue weighted by Crippen LogP contribution is 2.25. The van der Waals surface area contributed by atoms with Crippen molar-refractivity contribution in [2.45, 2.75) is 45.1 Å². The number of nitrogens with zero attached hydrogens (tertiary/aromatic N) is 2. The molecule has 2 aliphatic rings. The summed E-state index contributed by atoms with van der Waals surface area (Å²) in [6.45, 7) is 4.45. The first-order chi connectivity index (χ1) is 11.2. The van der Waals surface area contributed by atoms with Gasteiger partial charge in [0.05, 0.1) is 0 Å². The number of phenolic OH excluding ortho intramolecular Hbond substituents is 1. The second-order valence-corrected chi connectivity index (χ2v) is 7.04. The molecule has 2 fully saturated rings. The molecule has 1 N–H and O–H groups in total. The molecule has 4 nitrogen and oxygen atoms in total. The molecule has 1 saturated heterocycles. The van der Waals surface area contributed by atoms with Crippen molar-refractivity contribution < 1.29 is 9.90 Å². The van der Waals surface area contributed by atoms with E-state index in [9.17, 15) is 9.90 Å². The molecule has 0 spiro atoms. The Kier molecular flexibility index (Phi) is 5.55. The van der Waals surface area contributed by atoms with Crippen molar-refractivity contribution in [3.63, 3.8) is 0 Å². The maximum atomic E-state index is 12.4. The smallest absolute Gasteiger partial charge is 0.223 e. The molecule has 1 aliphatic heterocycles. The van der Waals surface area contributed by atoms with E-state index >= 15 is 0 Å². The Bertz CT molecular complexity index is 509. The fourth-order valence-corrected chi connectivity index (χ4v) is 3.80. The first-order valence-corrected chi connectivity index (χ1v) is 8.99. The molecule has 0 aromatic heterocycles. The van der Waals surface area contributed by atoms with Crippen molar-refractivity contribution >= 4 is 5.91 Å². The van der Waals surface area contributed by atoms with E-state index in [1.165, 1.54) is 37.7 Å². The molecular formula is C19H28N2O2. The van der Waals surface area contributed by atoms with Gasteiger partial charge in [0.15, 0.2) is 0 Å². The predicted octanol–water partition coefficient (Wildman–Crippen LogP) is 3.01. The minimum absolute atomic E-state index is 0.304. The Morgan fingerprint density at radius 1 is 1.00 bits per heavy atom. The number of hydrogen-bond donors (Lipinski definition) is 1. The first-order valence-electron chi connectivity index (χ1n) is 8.99. The summed E-state index contributed by atoms with van der Waals surface area (Å²) < 4.78 is 0. The van der Waals surface area contributed by atoms with Crippen LogP contribution in [0.1, 0.15) is 44.1 Å². The third kappa shape index (κ3) is 4.71. The van der Waals surface area contributed by atoms with Gasteiger partial charge in [0.1, 0.15) is 5.75 Å². The lowest BCUT2D eigenvalue weighted by molar-refractivity contribution is -0.131. The molecule has 1 aliphatic carbocycles. The van der Waals surface area contributed by atoms with E-state index in [2.05, 4.69) is 9.80 Å². The van der Waals surface area contributed by atoms with Crippen molar-refractivity contribution in [1.29, 1.82) is 0 Å². The number of carbonyl (C=O) groups is 1. The number of aromatic hydroxyl groups is 1. The van der Waals surface area contributed by atoms with Crippen LogP contribution in [-0.2, 0) is 11.3 Å². The minimum Gasteiger partial charge on any atom is -0.508 e. The highest BCUT2D eigenvalue weighted by molar-refractivity contribution is 5.76. The van der Waals surface area contributed by atoms with Crippen molar-refractivity contribution in [2.24, 2.45) is 5.92 Å². The number of amides is 1. The Hall–Kier alpha value is -1.55. The van der Waals surface area contributed by atoms with E-state index in [0.29, 0.717) is 18.1 Å². The SMILES string of the molecule is O=C1CCN(Cc2ccc(O)cc2)CCN1CC1CCCCC1. The molecule has 0 bridgehead atoms. The number of carbonyl (C=O) groups excluding carboxylic acids is 1. The van der Waals surface area contributed by atoms with Gasteiger partial charge in [-0.15, -0.1) is 0 Å². The van der Waals surface area contributed by atoms with E-state index in [1.54, 1.807) is 12.1 Å². The molecule has 1 aromatic carbocycles. The van der Waals surface area contributed by atoms with Crippen molar-refractivity contribution in [1.82, 2.24) is 9.80 Å². The minimum atomic E-state index is 0.304. The van der Waals surface area contributed by atoms with Crippen LogP contribution in [-0.4, -0.2) is 47.0 Å². The normalized spacial score (nSPS) is 21.4. The van der Waals surface area contributed by atoms with E-state index in [4.69, 9.17) is 0 Å². The second-order valence-electron chi connectivity index (χ2n) is 7.04. The molecule has 126 valence electrons. The van der Waals surface area contributed by atoms with Gasteiger partial charge >= 0.3 is 0 Å². The summed E-state index contributed by atoms with van der Waals surface area (Å²) in [6.07, 6.45) is 7.25. The third-order valence-electron chi connectivity index (χ3n) is 5.23. The van der Waals surface area contributed by atoms with Crippen molar-refractivity contribution in [3.8, 4) is 5.75 Å². The fourth-order valence-electron chi connectivity index (χ4n) is 3.80. The topological polar surface area (TPSA) is 43.8 Å². The van der Waals surface area contributed by atoms with Gasteiger partial charge in [0.25, 0.3) is 0 Å². The molecule has 1 aromatic rings. The average Bonchev–Trinajstić information content (AvgIpc) is 2.74. The van der Waals surface area contributed by atoms with E-state index < -0.39 is 0 Å². The van der Waals surface area contributed by atoms with Crippen LogP contribution >= 0.6 is 0 Å². The van der Waals surface area contributed by atoms with Crippen LogP contribution in [0.25, 0.3) is 0 Å². The fraction of sp³-hybridized carbons (Fsp3) is 0.632. The highest BCUT2D eigenvalue weighted by atomic mass is 16.3. The van der Waals surface area contributed by atoms with Gasteiger partial charge in [-0.3, -0.25) is 9.69 Å². The second kappa shape index (κ2) is 7.82. The van der Waals surface area contributed by atoms with Crippen LogP contribution in [0.15, 0.2) is 24.3 Å². The summed E-state index contributed by atoms with van der Waals surface area (Å²) in [4.78, 5) is 16.9. The lowest BCUT2D eigenvalue weighted by atomic mass is 9.89. The quantitative estimate of drug-likeness (QED) is 0.928. The van der Waals surface area contributed by atoms with Crippen LogP contribution in [0, 0.1) is 5.92 Å². The average molecular weight is 316 g/mol. The van der Waals surface area contributed by atoms with Gasteiger partial charge in [-0.05, 0) is 36.5 Å².